The molecule has 6 heteroatoms. The van der Waals surface area contributed by atoms with Gasteiger partial charge < -0.3 is 5.11 Å². The maximum Gasteiger partial charge on any atom is 0.417 e. The van der Waals surface area contributed by atoms with Gasteiger partial charge in [0, 0.05) is 10.9 Å². The highest BCUT2D eigenvalue weighted by atomic mass is 79.9. The van der Waals surface area contributed by atoms with Gasteiger partial charge in [-0.15, -0.1) is 0 Å². The zero-order chi connectivity index (χ0) is 15.6. The molecular formula is C15H11BrF4O. The fraction of sp³-hybridized carbons (Fsp3) is 0.200. The van der Waals surface area contributed by atoms with E-state index in [2.05, 4.69) is 15.9 Å². The number of hydrogen-bond acceptors (Lipinski definition) is 1. The largest absolute Gasteiger partial charge is 0.417 e. The second-order valence-electron chi connectivity index (χ2n) is 4.58. The van der Waals surface area contributed by atoms with Gasteiger partial charge in [0.2, 0.25) is 0 Å². The number of halogens is 5. The molecule has 0 heterocycles. The van der Waals surface area contributed by atoms with E-state index in [9.17, 15) is 22.7 Å². The zero-order valence-corrected chi connectivity index (χ0v) is 12.2. The van der Waals surface area contributed by atoms with Gasteiger partial charge in [-0.3, -0.25) is 0 Å². The van der Waals surface area contributed by atoms with Crippen molar-refractivity contribution >= 4 is 15.9 Å². The van der Waals surface area contributed by atoms with Crippen molar-refractivity contribution in [1.29, 1.82) is 0 Å². The SMILES string of the molecule is OC(Cc1ccc(F)cc1)c1ccc(Br)c(C(F)(F)F)c1. The number of alkyl halides is 3. The molecular weight excluding hydrogens is 352 g/mol. The summed E-state index contributed by atoms with van der Waals surface area (Å²) in [5.41, 5.74) is -0.0339. The minimum absolute atomic E-state index is 0.0762. The van der Waals surface area contributed by atoms with Crippen LogP contribution in [-0.4, -0.2) is 5.11 Å². The van der Waals surface area contributed by atoms with Gasteiger partial charge in [-0.25, -0.2) is 4.39 Å². The molecule has 0 amide bonds. The van der Waals surface area contributed by atoms with Gasteiger partial charge >= 0.3 is 6.18 Å². The molecule has 0 saturated carbocycles. The van der Waals surface area contributed by atoms with Crippen LogP contribution in [0, 0.1) is 5.82 Å². The van der Waals surface area contributed by atoms with E-state index in [0.29, 0.717) is 5.56 Å². The Balaban J connectivity index is 2.23. The Labute approximate surface area is 127 Å². The first-order valence-corrected chi connectivity index (χ1v) is 6.86. The lowest BCUT2D eigenvalue weighted by molar-refractivity contribution is -0.138. The van der Waals surface area contributed by atoms with E-state index >= 15 is 0 Å². The first-order chi connectivity index (χ1) is 9.77. The summed E-state index contributed by atoms with van der Waals surface area (Å²) in [6.07, 6.45) is -5.48. The average Bonchev–Trinajstić information content (AvgIpc) is 2.40. The Morgan fingerprint density at radius 2 is 1.67 bits per heavy atom. The molecule has 0 aromatic heterocycles. The molecule has 1 unspecified atom stereocenters. The first kappa shape index (κ1) is 16.0. The Bertz CT molecular complexity index is 623. The summed E-state index contributed by atoms with van der Waals surface area (Å²) in [6.45, 7) is 0. The third-order valence-electron chi connectivity index (χ3n) is 3.02. The Morgan fingerprint density at radius 3 is 2.24 bits per heavy atom. The molecule has 0 fully saturated rings. The molecule has 2 aromatic carbocycles. The molecule has 0 bridgehead atoms. The lowest BCUT2D eigenvalue weighted by Gasteiger charge is -2.15. The van der Waals surface area contributed by atoms with Gasteiger partial charge in [0.05, 0.1) is 11.7 Å². The van der Waals surface area contributed by atoms with Crippen LogP contribution in [0.1, 0.15) is 22.8 Å². The predicted molar refractivity (Wildman–Crippen MR) is 74.2 cm³/mol. The summed E-state index contributed by atoms with van der Waals surface area (Å²) < 4.78 is 51.1. The van der Waals surface area contributed by atoms with E-state index < -0.39 is 23.7 Å². The standard InChI is InChI=1S/C15H11BrF4O/c16-13-6-3-10(8-12(13)15(18,19)20)14(21)7-9-1-4-11(17)5-2-9/h1-6,8,14,21H,7H2. The lowest BCUT2D eigenvalue weighted by atomic mass is 9.99. The van der Waals surface area contributed by atoms with Gasteiger partial charge in [-0.2, -0.15) is 13.2 Å². The molecule has 2 rings (SSSR count). The van der Waals surface area contributed by atoms with Crippen LogP contribution >= 0.6 is 15.9 Å². The normalized spacial score (nSPS) is 13.2. The summed E-state index contributed by atoms with van der Waals surface area (Å²) in [5, 5.41) is 10.0. The van der Waals surface area contributed by atoms with Crippen LogP contribution in [0.3, 0.4) is 0 Å². The van der Waals surface area contributed by atoms with E-state index in [-0.39, 0.29) is 16.5 Å². The van der Waals surface area contributed by atoms with Crippen LogP contribution in [0.5, 0.6) is 0 Å². The van der Waals surface area contributed by atoms with Crippen LogP contribution in [-0.2, 0) is 12.6 Å². The molecule has 0 aliphatic heterocycles. The Morgan fingerprint density at radius 1 is 1.05 bits per heavy atom. The van der Waals surface area contributed by atoms with Crippen molar-refractivity contribution in [1.82, 2.24) is 0 Å². The van der Waals surface area contributed by atoms with Crippen molar-refractivity contribution < 1.29 is 22.7 Å². The highest BCUT2D eigenvalue weighted by molar-refractivity contribution is 9.10. The van der Waals surface area contributed by atoms with E-state index in [0.717, 1.165) is 6.07 Å². The summed E-state index contributed by atoms with van der Waals surface area (Å²) in [4.78, 5) is 0. The molecule has 0 aliphatic rings. The van der Waals surface area contributed by atoms with Crippen molar-refractivity contribution in [2.24, 2.45) is 0 Å². The smallest absolute Gasteiger partial charge is 0.388 e. The van der Waals surface area contributed by atoms with E-state index in [1.54, 1.807) is 0 Å². The van der Waals surface area contributed by atoms with Crippen molar-refractivity contribution in [3.8, 4) is 0 Å². The molecule has 2 aromatic rings. The monoisotopic (exact) mass is 362 g/mol. The molecule has 112 valence electrons. The predicted octanol–water partition coefficient (Wildman–Crippen LogP) is 4.88. The quantitative estimate of drug-likeness (QED) is 0.771. The van der Waals surface area contributed by atoms with E-state index in [1.807, 2.05) is 0 Å². The number of benzene rings is 2. The van der Waals surface area contributed by atoms with Gasteiger partial charge in [0.25, 0.3) is 0 Å². The Hall–Kier alpha value is -1.40. The summed E-state index contributed by atoms with van der Waals surface area (Å²) in [5.74, 6) is -0.406. The van der Waals surface area contributed by atoms with Gasteiger partial charge in [0.1, 0.15) is 5.82 Å². The fourth-order valence-corrected chi connectivity index (χ4v) is 2.40. The van der Waals surface area contributed by atoms with Crippen molar-refractivity contribution in [3.05, 3.63) is 69.4 Å². The van der Waals surface area contributed by atoms with Crippen LogP contribution < -0.4 is 0 Å². The van der Waals surface area contributed by atoms with Crippen LogP contribution in [0.4, 0.5) is 17.6 Å². The fourth-order valence-electron chi connectivity index (χ4n) is 1.93. The van der Waals surface area contributed by atoms with E-state index in [1.165, 1.54) is 36.4 Å². The summed E-state index contributed by atoms with van der Waals surface area (Å²) >= 11 is 2.85. The number of aliphatic hydroxyl groups is 1. The molecule has 1 N–H and O–H groups in total. The summed E-state index contributed by atoms with van der Waals surface area (Å²) in [7, 11) is 0. The maximum absolute atomic E-state index is 12.8. The highest BCUT2D eigenvalue weighted by Crippen LogP contribution is 2.36. The molecule has 0 saturated heterocycles. The van der Waals surface area contributed by atoms with Gasteiger partial charge in [0.15, 0.2) is 0 Å². The summed E-state index contributed by atoms with van der Waals surface area (Å²) in [6, 6.07) is 9.05. The highest BCUT2D eigenvalue weighted by Gasteiger charge is 2.33. The Kier molecular flexibility index (Phi) is 4.68. The number of hydrogen-bond donors (Lipinski definition) is 1. The molecule has 21 heavy (non-hydrogen) atoms. The third-order valence-corrected chi connectivity index (χ3v) is 3.71. The maximum atomic E-state index is 12.8. The van der Waals surface area contributed by atoms with Crippen LogP contribution in [0.15, 0.2) is 46.9 Å². The minimum Gasteiger partial charge on any atom is -0.388 e. The van der Waals surface area contributed by atoms with Crippen molar-refractivity contribution in [2.45, 2.75) is 18.7 Å². The topological polar surface area (TPSA) is 20.2 Å². The molecule has 0 radical (unpaired) electrons. The van der Waals surface area contributed by atoms with E-state index in [4.69, 9.17) is 0 Å². The number of rotatable bonds is 3. The van der Waals surface area contributed by atoms with Gasteiger partial charge in [-0.1, -0.05) is 34.1 Å². The van der Waals surface area contributed by atoms with Crippen LogP contribution in [0.25, 0.3) is 0 Å². The van der Waals surface area contributed by atoms with Gasteiger partial charge in [-0.05, 0) is 35.4 Å². The second-order valence-corrected chi connectivity index (χ2v) is 5.44. The molecule has 1 nitrogen and oxygen atoms in total. The molecule has 1 atom stereocenters. The third kappa shape index (κ3) is 4.04. The van der Waals surface area contributed by atoms with Crippen molar-refractivity contribution in [3.63, 3.8) is 0 Å². The second kappa shape index (κ2) is 6.15. The zero-order valence-electron chi connectivity index (χ0n) is 10.7. The average molecular weight is 363 g/mol. The molecule has 0 aliphatic carbocycles. The van der Waals surface area contributed by atoms with Crippen LogP contribution in [0.2, 0.25) is 0 Å². The first-order valence-electron chi connectivity index (χ1n) is 6.06. The minimum atomic E-state index is -4.50. The lowest BCUT2D eigenvalue weighted by Crippen LogP contribution is -2.09. The number of aliphatic hydroxyl groups excluding tert-OH is 1. The van der Waals surface area contributed by atoms with Crippen molar-refractivity contribution in [2.75, 3.05) is 0 Å². The molecule has 0 spiro atoms.